The van der Waals surface area contributed by atoms with Gasteiger partial charge in [0.25, 0.3) is 0 Å². The van der Waals surface area contributed by atoms with E-state index in [-0.39, 0.29) is 6.10 Å². The van der Waals surface area contributed by atoms with Gasteiger partial charge in [-0.15, -0.1) is 0 Å². The summed E-state index contributed by atoms with van der Waals surface area (Å²) in [4.78, 5) is 11.3. The number of anilines is 1. The molecule has 1 aliphatic rings. The Hall–Kier alpha value is -1.98. The second kappa shape index (κ2) is 6.85. The standard InChI is InChI=1S/C17H22N4O/c1-13-5-6-15(20-10-13)16-12-21(8-9-22-16)11-14-4-3-7-19-17(14)18-2/h3-7,10,16H,8-9,11-12H2,1-2H3,(H,18,19)/t16-/m0/s1. The highest BCUT2D eigenvalue weighted by Gasteiger charge is 2.23. The number of aryl methyl sites for hydroxylation is 1. The maximum atomic E-state index is 5.89. The molecule has 0 aliphatic carbocycles. The van der Waals surface area contributed by atoms with Crippen molar-refractivity contribution >= 4 is 5.82 Å². The lowest BCUT2D eigenvalue weighted by molar-refractivity contribution is -0.0349. The zero-order valence-corrected chi connectivity index (χ0v) is 13.1. The molecule has 5 heteroatoms. The van der Waals surface area contributed by atoms with Crippen LogP contribution in [0.2, 0.25) is 0 Å². The molecule has 0 bridgehead atoms. The number of ether oxygens (including phenoxy) is 1. The first kappa shape index (κ1) is 14.9. The van der Waals surface area contributed by atoms with Crippen LogP contribution in [0.3, 0.4) is 0 Å². The maximum absolute atomic E-state index is 5.89. The molecule has 0 amide bonds. The molecule has 2 aromatic rings. The summed E-state index contributed by atoms with van der Waals surface area (Å²) >= 11 is 0. The zero-order valence-electron chi connectivity index (χ0n) is 13.1. The summed E-state index contributed by atoms with van der Waals surface area (Å²) in [5.41, 5.74) is 3.39. The Morgan fingerprint density at radius 2 is 2.23 bits per heavy atom. The van der Waals surface area contributed by atoms with Crippen LogP contribution in [-0.2, 0) is 11.3 Å². The third kappa shape index (κ3) is 3.43. The summed E-state index contributed by atoms with van der Waals surface area (Å²) < 4.78 is 5.89. The Labute approximate surface area is 131 Å². The van der Waals surface area contributed by atoms with Crippen molar-refractivity contribution in [3.63, 3.8) is 0 Å². The Kier molecular flexibility index (Phi) is 4.65. The number of hydrogen-bond acceptors (Lipinski definition) is 5. The quantitative estimate of drug-likeness (QED) is 0.939. The SMILES string of the molecule is CNc1ncccc1CN1CCO[C@H](c2ccc(C)cn2)C1. The van der Waals surface area contributed by atoms with Crippen molar-refractivity contribution in [3.8, 4) is 0 Å². The van der Waals surface area contributed by atoms with E-state index in [2.05, 4.69) is 38.4 Å². The molecule has 1 saturated heterocycles. The summed E-state index contributed by atoms with van der Waals surface area (Å²) in [5.74, 6) is 0.944. The third-order valence-electron chi connectivity index (χ3n) is 3.94. The Morgan fingerprint density at radius 1 is 1.32 bits per heavy atom. The summed E-state index contributed by atoms with van der Waals surface area (Å²) in [6, 6.07) is 8.25. The number of aromatic nitrogens is 2. The lowest BCUT2D eigenvalue weighted by Crippen LogP contribution is -2.38. The van der Waals surface area contributed by atoms with Gasteiger partial charge in [-0.1, -0.05) is 12.1 Å². The van der Waals surface area contributed by atoms with Gasteiger partial charge in [0.1, 0.15) is 11.9 Å². The molecule has 0 saturated carbocycles. The number of nitrogens with one attached hydrogen (secondary N) is 1. The summed E-state index contributed by atoms with van der Waals surface area (Å²) in [6.45, 7) is 5.44. The van der Waals surface area contributed by atoms with Gasteiger partial charge >= 0.3 is 0 Å². The number of hydrogen-bond donors (Lipinski definition) is 1. The van der Waals surface area contributed by atoms with Crippen LogP contribution in [0.1, 0.15) is 22.9 Å². The third-order valence-corrected chi connectivity index (χ3v) is 3.94. The lowest BCUT2D eigenvalue weighted by Gasteiger charge is -2.32. The van der Waals surface area contributed by atoms with Crippen LogP contribution in [-0.4, -0.2) is 41.6 Å². The first-order chi connectivity index (χ1) is 10.8. The molecule has 0 radical (unpaired) electrons. The molecule has 5 nitrogen and oxygen atoms in total. The minimum absolute atomic E-state index is 0.0454. The van der Waals surface area contributed by atoms with Crippen LogP contribution in [0.25, 0.3) is 0 Å². The van der Waals surface area contributed by atoms with Crippen molar-refractivity contribution in [2.24, 2.45) is 0 Å². The van der Waals surface area contributed by atoms with E-state index in [0.29, 0.717) is 0 Å². The Morgan fingerprint density at radius 3 is 3.00 bits per heavy atom. The van der Waals surface area contributed by atoms with E-state index >= 15 is 0 Å². The van der Waals surface area contributed by atoms with Crippen LogP contribution < -0.4 is 5.32 Å². The molecule has 0 unspecified atom stereocenters. The van der Waals surface area contributed by atoms with E-state index in [1.165, 1.54) is 11.1 Å². The highest BCUT2D eigenvalue weighted by atomic mass is 16.5. The first-order valence-electron chi connectivity index (χ1n) is 7.64. The van der Waals surface area contributed by atoms with Gasteiger partial charge in [0.2, 0.25) is 0 Å². The zero-order chi connectivity index (χ0) is 15.4. The normalized spacial score (nSPS) is 19.1. The summed E-state index contributed by atoms with van der Waals surface area (Å²) in [6.07, 6.45) is 3.76. The van der Waals surface area contributed by atoms with Gasteiger partial charge in [-0.25, -0.2) is 4.98 Å². The summed E-state index contributed by atoms with van der Waals surface area (Å²) in [7, 11) is 1.91. The van der Waals surface area contributed by atoms with Crippen molar-refractivity contribution < 1.29 is 4.74 Å². The van der Waals surface area contributed by atoms with Gasteiger partial charge < -0.3 is 10.1 Å². The molecule has 0 spiro atoms. The minimum atomic E-state index is 0.0454. The van der Waals surface area contributed by atoms with Crippen LogP contribution in [0.15, 0.2) is 36.7 Å². The largest absolute Gasteiger partial charge is 0.373 e. The lowest BCUT2D eigenvalue weighted by atomic mass is 10.1. The second-order valence-electron chi connectivity index (χ2n) is 5.62. The van der Waals surface area contributed by atoms with Crippen LogP contribution >= 0.6 is 0 Å². The summed E-state index contributed by atoms with van der Waals surface area (Å²) in [5, 5.41) is 3.15. The van der Waals surface area contributed by atoms with Crippen LogP contribution in [0.4, 0.5) is 5.82 Å². The van der Waals surface area contributed by atoms with Gasteiger partial charge in [0.05, 0.1) is 12.3 Å². The van der Waals surface area contributed by atoms with Crippen LogP contribution in [0.5, 0.6) is 0 Å². The average molecular weight is 298 g/mol. The molecule has 1 N–H and O–H groups in total. The van der Waals surface area contributed by atoms with Gasteiger partial charge in [-0.05, 0) is 24.6 Å². The number of pyridine rings is 2. The number of morpholine rings is 1. The first-order valence-corrected chi connectivity index (χ1v) is 7.64. The van der Waals surface area contributed by atoms with Crippen LogP contribution in [0, 0.1) is 6.92 Å². The molecule has 1 fully saturated rings. The second-order valence-corrected chi connectivity index (χ2v) is 5.62. The molecule has 0 aromatic carbocycles. The molecule has 22 heavy (non-hydrogen) atoms. The van der Waals surface area contributed by atoms with E-state index in [0.717, 1.165) is 37.8 Å². The van der Waals surface area contributed by atoms with Crippen molar-refractivity contribution in [3.05, 3.63) is 53.5 Å². The van der Waals surface area contributed by atoms with Crippen molar-refractivity contribution in [1.29, 1.82) is 0 Å². The predicted octanol–water partition coefficient (Wildman–Crippen LogP) is 2.40. The molecule has 116 valence electrons. The van der Waals surface area contributed by atoms with E-state index < -0.39 is 0 Å². The van der Waals surface area contributed by atoms with Crippen molar-refractivity contribution in [2.75, 3.05) is 32.1 Å². The number of rotatable bonds is 4. The average Bonchev–Trinajstić information content (AvgIpc) is 2.56. The van der Waals surface area contributed by atoms with Gasteiger partial charge in [-0.3, -0.25) is 9.88 Å². The topological polar surface area (TPSA) is 50.3 Å². The number of nitrogens with zero attached hydrogens (tertiary/aromatic N) is 3. The highest BCUT2D eigenvalue weighted by Crippen LogP contribution is 2.23. The smallest absolute Gasteiger partial charge is 0.130 e. The highest BCUT2D eigenvalue weighted by molar-refractivity contribution is 5.42. The molecule has 1 aliphatic heterocycles. The fourth-order valence-corrected chi connectivity index (χ4v) is 2.73. The van der Waals surface area contributed by atoms with Crippen molar-refractivity contribution in [2.45, 2.75) is 19.6 Å². The maximum Gasteiger partial charge on any atom is 0.130 e. The Bertz CT molecular complexity index is 614. The van der Waals surface area contributed by atoms with Gasteiger partial charge in [-0.2, -0.15) is 0 Å². The fourth-order valence-electron chi connectivity index (χ4n) is 2.73. The van der Waals surface area contributed by atoms with E-state index in [4.69, 9.17) is 4.74 Å². The van der Waals surface area contributed by atoms with E-state index in [1.807, 2.05) is 32.4 Å². The molecule has 1 atom stereocenters. The minimum Gasteiger partial charge on any atom is -0.373 e. The molecular formula is C17H22N4O. The molecule has 3 heterocycles. The van der Waals surface area contributed by atoms with Crippen molar-refractivity contribution in [1.82, 2.24) is 14.9 Å². The van der Waals surface area contributed by atoms with E-state index in [9.17, 15) is 0 Å². The van der Waals surface area contributed by atoms with E-state index in [1.54, 1.807) is 0 Å². The molecule has 2 aromatic heterocycles. The predicted molar refractivity (Wildman–Crippen MR) is 86.7 cm³/mol. The molecule has 3 rings (SSSR count). The Balaban J connectivity index is 1.69. The van der Waals surface area contributed by atoms with Gasteiger partial charge in [0, 0.05) is 44.6 Å². The van der Waals surface area contributed by atoms with Gasteiger partial charge in [0.15, 0.2) is 0 Å². The molecular weight excluding hydrogens is 276 g/mol. The monoisotopic (exact) mass is 298 g/mol. The fraction of sp³-hybridized carbons (Fsp3) is 0.412.